The predicted octanol–water partition coefficient (Wildman–Crippen LogP) is 3.86. The van der Waals surface area contributed by atoms with Crippen LogP contribution < -0.4 is 4.74 Å². The zero-order valence-electron chi connectivity index (χ0n) is 14.6. The summed E-state index contributed by atoms with van der Waals surface area (Å²) in [6, 6.07) is 8.86. The van der Waals surface area contributed by atoms with E-state index < -0.39 is 15.8 Å². The Bertz CT molecular complexity index is 1110. The second kappa shape index (κ2) is 7.84. The number of pyridine rings is 1. The van der Waals surface area contributed by atoms with E-state index in [1.54, 1.807) is 18.2 Å². The van der Waals surface area contributed by atoms with E-state index in [1.165, 1.54) is 24.6 Å². The summed E-state index contributed by atoms with van der Waals surface area (Å²) < 4.78 is 34.9. The lowest BCUT2D eigenvalue weighted by molar-refractivity contribution is 0.0472. The van der Waals surface area contributed by atoms with E-state index in [-0.39, 0.29) is 17.2 Å². The Labute approximate surface area is 165 Å². The van der Waals surface area contributed by atoms with Gasteiger partial charge in [0.2, 0.25) is 0 Å². The summed E-state index contributed by atoms with van der Waals surface area (Å²) in [5, 5.41) is 1.10. The number of hydrogen-bond acceptors (Lipinski definition) is 7. The summed E-state index contributed by atoms with van der Waals surface area (Å²) in [4.78, 5) is 17.0. The standard InChI is InChI=1S/C18H16ClNO5S2/c1-24-15-7-11(20-8-14(15)19)9-25-18(21)17-13(10-27(2,22)23)12-5-3-4-6-16(12)26-17/h3-8H,9-10H2,1-2H3. The van der Waals surface area contributed by atoms with Gasteiger partial charge in [-0.2, -0.15) is 0 Å². The zero-order valence-corrected chi connectivity index (χ0v) is 17.0. The van der Waals surface area contributed by atoms with Crippen LogP contribution in [-0.2, 0) is 26.9 Å². The fourth-order valence-electron chi connectivity index (χ4n) is 2.57. The average Bonchev–Trinajstić information content (AvgIpc) is 2.98. The zero-order chi connectivity index (χ0) is 19.6. The molecule has 0 aliphatic rings. The predicted molar refractivity (Wildman–Crippen MR) is 105 cm³/mol. The molecule has 0 saturated carbocycles. The monoisotopic (exact) mass is 425 g/mol. The van der Waals surface area contributed by atoms with Gasteiger partial charge in [0, 0.05) is 28.8 Å². The van der Waals surface area contributed by atoms with Gasteiger partial charge in [0.15, 0.2) is 9.84 Å². The number of aromatic nitrogens is 1. The number of fused-ring (bicyclic) bond motifs is 1. The normalized spacial score (nSPS) is 11.5. The Hall–Kier alpha value is -2.16. The molecular formula is C18H16ClNO5S2. The number of carbonyl (C=O) groups is 1. The molecule has 2 heterocycles. The number of nitrogens with zero attached hydrogens (tertiary/aromatic N) is 1. The molecule has 2 aromatic heterocycles. The Kier molecular flexibility index (Phi) is 5.69. The first-order chi connectivity index (χ1) is 12.8. The molecule has 0 N–H and O–H groups in total. The molecule has 0 radical (unpaired) electrons. The van der Waals surface area contributed by atoms with Crippen molar-refractivity contribution in [1.82, 2.24) is 4.98 Å². The van der Waals surface area contributed by atoms with Gasteiger partial charge in [-0.3, -0.25) is 4.98 Å². The Morgan fingerprint density at radius 2 is 2.04 bits per heavy atom. The largest absolute Gasteiger partial charge is 0.495 e. The van der Waals surface area contributed by atoms with Crippen LogP contribution >= 0.6 is 22.9 Å². The number of halogens is 1. The second-order valence-electron chi connectivity index (χ2n) is 5.86. The second-order valence-corrected chi connectivity index (χ2v) is 9.46. The molecule has 27 heavy (non-hydrogen) atoms. The number of sulfone groups is 1. The van der Waals surface area contributed by atoms with Gasteiger partial charge in [-0.15, -0.1) is 11.3 Å². The Morgan fingerprint density at radius 1 is 1.30 bits per heavy atom. The van der Waals surface area contributed by atoms with Crippen molar-refractivity contribution in [1.29, 1.82) is 0 Å². The van der Waals surface area contributed by atoms with E-state index >= 15 is 0 Å². The molecule has 0 amide bonds. The van der Waals surface area contributed by atoms with Crippen molar-refractivity contribution in [2.75, 3.05) is 13.4 Å². The van der Waals surface area contributed by atoms with Gasteiger partial charge in [0.25, 0.3) is 0 Å². The van der Waals surface area contributed by atoms with Crippen molar-refractivity contribution in [2.24, 2.45) is 0 Å². The van der Waals surface area contributed by atoms with Gasteiger partial charge in [-0.25, -0.2) is 13.2 Å². The molecule has 0 unspecified atom stereocenters. The fraction of sp³-hybridized carbons (Fsp3) is 0.222. The highest BCUT2D eigenvalue weighted by molar-refractivity contribution is 7.89. The highest BCUT2D eigenvalue weighted by atomic mass is 35.5. The molecule has 0 aliphatic carbocycles. The van der Waals surface area contributed by atoms with E-state index in [2.05, 4.69) is 4.98 Å². The van der Waals surface area contributed by atoms with Crippen LogP contribution in [0.2, 0.25) is 5.02 Å². The molecule has 0 atom stereocenters. The van der Waals surface area contributed by atoms with E-state index in [4.69, 9.17) is 21.1 Å². The van der Waals surface area contributed by atoms with Crippen molar-refractivity contribution < 1.29 is 22.7 Å². The summed E-state index contributed by atoms with van der Waals surface area (Å²) in [7, 11) is -1.84. The molecule has 0 aliphatic heterocycles. The van der Waals surface area contributed by atoms with Gasteiger partial charge >= 0.3 is 5.97 Å². The van der Waals surface area contributed by atoms with Crippen LogP contribution in [-0.4, -0.2) is 32.7 Å². The van der Waals surface area contributed by atoms with Gasteiger partial charge in [-0.05, 0) is 11.5 Å². The molecule has 3 rings (SSSR count). The minimum absolute atomic E-state index is 0.0844. The van der Waals surface area contributed by atoms with E-state index in [0.29, 0.717) is 22.0 Å². The van der Waals surface area contributed by atoms with E-state index in [9.17, 15) is 13.2 Å². The first-order valence-electron chi connectivity index (χ1n) is 7.82. The van der Waals surface area contributed by atoms with Gasteiger partial charge < -0.3 is 9.47 Å². The van der Waals surface area contributed by atoms with E-state index in [1.807, 2.05) is 12.1 Å². The van der Waals surface area contributed by atoms with Gasteiger partial charge in [0.05, 0.1) is 18.6 Å². The minimum atomic E-state index is -3.32. The molecule has 0 fully saturated rings. The Morgan fingerprint density at radius 3 is 2.74 bits per heavy atom. The highest BCUT2D eigenvalue weighted by Crippen LogP contribution is 2.33. The molecule has 6 nitrogen and oxygen atoms in total. The lowest BCUT2D eigenvalue weighted by Gasteiger charge is -2.07. The molecule has 0 saturated heterocycles. The van der Waals surface area contributed by atoms with Crippen molar-refractivity contribution >= 4 is 48.8 Å². The first-order valence-corrected chi connectivity index (χ1v) is 11.1. The number of ether oxygens (including phenoxy) is 2. The SMILES string of the molecule is COc1cc(COC(=O)c2sc3ccccc3c2CS(C)(=O)=O)ncc1Cl. The Balaban J connectivity index is 1.88. The molecule has 142 valence electrons. The van der Waals surface area contributed by atoms with Crippen molar-refractivity contribution in [3.63, 3.8) is 0 Å². The average molecular weight is 426 g/mol. The highest BCUT2D eigenvalue weighted by Gasteiger charge is 2.22. The van der Waals surface area contributed by atoms with Crippen LogP contribution in [0.1, 0.15) is 20.9 Å². The minimum Gasteiger partial charge on any atom is -0.495 e. The maximum atomic E-state index is 12.6. The molecule has 0 bridgehead atoms. The van der Waals surface area contributed by atoms with Crippen LogP contribution in [0.25, 0.3) is 10.1 Å². The lowest BCUT2D eigenvalue weighted by atomic mass is 10.1. The number of carbonyl (C=O) groups excluding carboxylic acids is 1. The van der Waals surface area contributed by atoms with Crippen LogP contribution in [0, 0.1) is 0 Å². The molecular weight excluding hydrogens is 410 g/mol. The quantitative estimate of drug-likeness (QED) is 0.557. The summed E-state index contributed by atoms with van der Waals surface area (Å²) in [6.07, 6.45) is 2.55. The fourth-order valence-corrected chi connectivity index (χ4v) is 4.78. The maximum absolute atomic E-state index is 12.6. The van der Waals surface area contributed by atoms with Crippen LogP contribution in [0.4, 0.5) is 0 Å². The topological polar surface area (TPSA) is 82.6 Å². The van der Waals surface area contributed by atoms with Crippen molar-refractivity contribution in [3.8, 4) is 5.75 Å². The van der Waals surface area contributed by atoms with Gasteiger partial charge in [0.1, 0.15) is 22.3 Å². The molecule has 9 heteroatoms. The lowest BCUT2D eigenvalue weighted by Crippen LogP contribution is -2.09. The molecule has 0 spiro atoms. The smallest absolute Gasteiger partial charge is 0.349 e. The number of thiophene rings is 1. The van der Waals surface area contributed by atoms with Crippen LogP contribution in [0.15, 0.2) is 36.5 Å². The third-order valence-electron chi connectivity index (χ3n) is 3.74. The summed E-state index contributed by atoms with van der Waals surface area (Å²) in [5.74, 6) is -0.392. The summed E-state index contributed by atoms with van der Waals surface area (Å²) in [6.45, 7) is -0.0844. The summed E-state index contributed by atoms with van der Waals surface area (Å²) >= 11 is 7.14. The van der Waals surface area contributed by atoms with Crippen molar-refractivity contribution in [3.05, 3.63) is 57.7 Å². The van der Waals surface area contributed by atoms with Crippen molar-refractivity contribution in [2.45, 2.75) is 12.4 Å². The number of methoxy groups -OCH3 is 1. The molecule has 3 aromatic rings. The first kappa shape index (κ1) is 19.6. The van der Waals surface area contributed by atoms with Crippen LogP contribution in [0.3, 0.4) is 0 Å². The third-order valence-corrected chi connectivity index (χ3v) is 6.03. The third kappa shape index (κ3) is 4.58. The number of benzene rings is 1. The van der Waals surface area contributed by atoms with E-state index in [0.717, 1.165) is 16.3 Å². The maximum Gasteiger partial charge on any atom is 0.349 e. The van der Waals surface area contributed by atoms with Gasteiger partial charge in [-0.1, -0.05) is 29.8 Å². The summed E-state index contributed by atoms with van der Waals surface area (Å²) in [5.41, 5.74) is 0.931. The number of hydrogen-bond donors (Lipinski definition) is 0. The number of esters is 1. The molecule has 1 aromatic carbocycles. The number of rotatable bonds is 6. The van der Waals surface area contributed by atoms with Crippen LogP contribution in [0.5, 0.6) is 5.75 Å².